The molecule has 124 valence electrons. The molecule has 1 aromatic carbocycles. The van der Waals surface area contributed by atoms with Crippen molar-refractivity contribution in [2.75, 3.05) is 18.5 Å². The molecule has 6 nitrogen and oxygen atoms in total. The van der Waals surface area contributed by atoms with Gasteiger partial charge in [0.2, 0.25) is 5.96 Å². The van der Waals surface area contributed by atoms with E-state index >= 15 is 0 Å². The number of aromatic nitrogens is 2. The fourth-order valence-electron chi connectivity index (χ4n) is 3.39. The highest BCUT2D eigenvalue weighted by atomic mass is 16.2. The van der Waals surface area contributed by atoms with Gasteiger partial charge >= 0.3 is 0 Å². The maximum Gasteiger partial charge on any atom is 0.280 e. The van der Waals surface area contributed by atoms with Gasteiger partial charge in [0.25, 0.3) is 5.91 Å². The summed E-state index contributed by atoms with van der Waals surface area (Å²) in [6.07, 6.45) is 0.959. The van der Waals surface area contributed by atoms with Crippen molar-refractivity contribution in [3.05, 3.63) is 47.4 Å². The Labute approximate surface area is 141 Å². The first kappa shape index (κ1) is 14.9. The van der Waals surface area contributed by atoms with Gasteiger partial charge in [0.1, 0.15) is 5.82 Å². The molecular weight excluding hydrogens is 302 g/mol. The third-order valence-electron chi connectivity index (χ3n) is 4.79. The summed E-state index contributed by atoms with van der Waals surface area (Å²) in [5.74, 6) is 2.30. The molecule has 1 atom stereocenters. The molecule has 4 rings (SSSR count). The second-order valence-electron chi connectivity index (χ2n) is 6.37. The standard InChI is InChI=1S/C18H21N5O/c1-4-14-11-23-16-15(17(24)21(3)18(23)20-14)22(12(2)19-16)10-13-8-6-5-7-9-13/h5-9,14H,4,10-11H2,1-3H3. The van der Waals surface area contributed by atoms with Crippen molar-refractivity contribution in [2.24, 2.45) is 4.99 Å². The maximum atomic E-state index is 12.9. The van der Waals surface area contributed by atoms with Gasteiger partial charge in [-0.25, -0.2) is 9.98 Å². The molecular formula is C18H21N5O. The van der Waals surface area contributed by atoms with E-state index in [0.29, 0.717) is 12.2 Å². The predicted molar refractivity (Wildman–Crippen MR) is 93.5 cm³/mol. The molecule has 2 aliphatic rings. The highest BCUT2D eigenvalue weighted by Gasteiger charge is 2.41. The van der Waals surface area contributed by atoms with Crippen LogP contribution in [0.15, 0.2) is 35.3 Å². The Bertz CT molecular complexity index is 823. The van der Waals surface area contributed by atoms with E-state index in [1.807, 2.05) is 29.7 Å². The van der Waals surface area contributed by atoms with Crippen LogP contribution in [0.1, 0.15) is 35.2 Å². The summed E-state index contributed by atoms with van der Waals surface area (Å²) < 4.78 is 2.01. The van der Waals surface area contributed by atoms with E-state index in [4.69, 9.17) is 4.98 Å². The fourth-order valence-corrected chi connectivity index (χ4v) is 3.39. The number of imidazole rings is 1. The van der Waals surface area contributed by atoms with Crippen molar-refractivity contribution < 1.29 is 4.79 Å². The summed E-state index contributed by atoms with van der Waals surface area (Å²) in [5.41, 5.74) is 1.82. The third kappa shape index (κ3) is 2.13. The molecule has 0 spiro atoms. The Balaban J connectivity index is 1.79. The number of fused-ring (bicyclic) bond motifs is 3. The first-order chi connectivity index (χ1) is 11.6. The summed E-state index contributed by atoms with van der Waals surface area (Å²) in [6, 6.07) is 10.4. The van der Waals surface area contributed by atoms with Crippen molar-refractivity contribution in [1.29, 1.82) is 0 Å². The third-order valence-corrected chi connectivity index (χ3v) is 4.79. The van der Waals surface area contributed by atoms with Crippen LogP contribution in [0.4, 0.5) is 5.82 Å². The smallest absolute Gasteiger partial charge is 0.280 e. The molecule has 0 fully saturated rings. The number of rotatable bonds is 3. The molecule has 0 aliphatic carbocycles. The number of aliphatic imine (C=N–C) groups is 1. The largest absolute Gasteiger partial charge is 0.318 e. The lowest BCUT2D eigenvalue weighted by Gasteiger charge is -2.31. The molecule has 0 bridgehead atoms. The van der Waals surface area contributed by atoms with Gasteiger partial charge in [-0.3, -0.25) is 14.6 Å². The van der Waals surface area contributed by atoms with E-state index in [1.54, 1.807) is 11.9 Å². The second-order valence-corrected chi connectivity index (χ2v) is 6.37. The molecule has 2 aromatic rings. The molecule has 1 amide bonds. The van der Waals surface area contributed by atoms with Crippen molar-refractivity contribution >= 4 is 17.7 Å². The molecule has 0 saturated heterocycles. The normalized spacial score (nSPS) is 19.4. The van der Waals surface area contributed by atoms with Crippen LogP contribution >= 0.6 is 0 Å². The van der Waals surface area contributed by atoms with Gasteiger partial charge in [0, 0.05) is 13.6 Å². The van der Waals surface area contributed by atoms with Crippen LogP contribution in [-0.4, -0.2) is 46.0 Å². The Morgan fingerprint density at radius 2 is 2.00 bits per heavy atom. The zero-order chi connectivity index (χ0) is 16.8. The highest BCUT2D eigenvalue weighted by molar-refractivity contribution is 6.17. The Hall–Kier alpha value is -2.63. The van der Waals surface area contributed by atoms with Gasteiger partial charge < -0.3 is 4.57 Å². The van der Waals surface area contributed by atoms with Crippen molar-refractivity contribution in [2.45, 2.75) is 32.9 Å². The number of carbonyl (C=O) groups is 1. The SMILES string of the molecule is CCC1CN2C(=N1)N(C)C(=O)c1c2nc(C)n1Cc1ccccc1. The fraction of sp³-hybridized carbons (Fsp3) is 0.389. The van der Waals surface area contributed by atoms with Gasteiger partial charge in [0.15, 0.2) is 11.5 Å². The van der Waals surface area contributed by atoms with Gasteiger partial charge in [-0.2, -0.15) is 0 Å². The minimum absolute atomic E-state index is 0.0340. The van der Waals surface area contributed by atoms with Crippen LogP contribution in [0.25, 0.3) is 0 Å². The van der Waals surface area contributed by atoms with Crippen LogP contribution in [0, 0.1) is 6.92 Å². The molecule has 1 aromatic heterocycles. The number of benzene rings is 1. The van der Waals surface area contributed by atoms with Crippen LogP contribution in [0.2, 0.25) is 0 Å². The van der Waals surface area contributed by atoms with E-state index in [2.05, 4.69) is 28.9 Å². The van der Waals surface area contributed by atoms with Gasteiger partial charge in [0.05, 0.1) is 12.6 Å². The van der Waals surface area contributed by atoms with Crippen LogP contribution in [0.5, 0.6) is 0 Å². The highest BCUT2D eigenvalue weighted by Crippen LogP contribution is 2.32. The topological polar surface area (TPSA) is 53.7 Å². The Morgan fingerprint density at radius 1 is 1.25 bits per heavy atom. The summed E-state index contributed by atoms with van der Waals surface area (Å²) in [4.78, 5) is 26.1. The average Bonchev–Trinajstić information content (AvgIpc) is 3.16. The molecule has 3 heterocycles. The van der Waals surface area contributed by atoms with Gasteiger partial charge in [-0.1, -0.05) is 37.3 Å². The van der Waals surface area contributed by atoms with E-state index in [1.165, 1.54) is 0 Å². The number of amides is 1. The maximum absolute atomic E-state index is 12.9. The molecule has 0 radical (unpaired) electrons. The van der Waals surface area contributed by atoms with E-state index in [0.717, 1.165) is 36.1 Å². The molecule has 0 N–H and O–H groups in total. The molecule has 24 heavy (non-hydrogen) atoms. The quantitative estimate of drug-likeness (QED) is 0.871. The Kier molecular flexibility index (Phi) is 3.40. The molecule has 6 heteroatoms. The minimum atomic E-state index is -0.0340. The zero-order valence-corrected chi connectivity index (χ0v) is 14.2. The Morgan fingerprint density at radius 3 is 2.71 bits per heavy atom. The zero-order valence-electron chi connectivity index (χ0n) is 14.2. The minimum Gasteiger partial charge on any atom is -0.318 e. The first-order valence-electron chi connectivity index (χ1n) is 8.34. The molecule has 1 unspecified atom stereocenters. The van der Waals surface area contributed by atoms with Crippen LogP contribution in [0.3, 0.4) is 0 Å². The number of hydrogen-bond donors (Lipinski definition) is 0. The average molecular weight is 323 g/mol. The predicted octanol–water partition coefficient (Wildman–Crippen LogP) is 2.28. The summed E-state index contributed by atoms with van der Waals surface area (Å²) in [5, 5.41) is 0. The monoisotopic (exact) mass is 323 g/mol. The van der Waals surface area contributed by atoms with Gasteiger partial charge in [-0.05, 0) is 18.9 Å². The van der Waals surface area contributed by atoms with E-state index in [9.17, 15) is 4.79 Å². The number of guanidine groups is 1. The molecule has 0 saturated carbocycles. The van der Waals surface area contributed by atoms with Gasteiger partial charge in [-0.15, -0.1) is 0 Å². The number of carbonyl (C=O) groups excluding carboxylic acids is 1. The van der Waals surface area contributed by atoms with Crippen LogP contribution < -0.4 is 4.90 Å². The van der Waals surface area contributed by atoms with Crippen LogP contribution in [-0.2, 0) is 6.54 Å². The number of hydrogen-bond acceptors (Lipinski definition) is 4. The number of aryl methyl sites for hydroxylation is 1. The van der Waals surface area contributed by atoms with E-state index < -0.39 is 0 Å². The summed E-state index contributed by atoms with van der Waals surface area (Å²) in [6.45, 7) is 5.51. The lowest BCUT2D eigenvalue weighted by atomic mass is 10.2. The summed E-state index contributed by atoms with van der Waals surface area (Å²) in [7, 11) is 1.80. The number of anilines is 1. The number of nitrogens with zero attached hydrogens (tertiary/aromatic N) is 5. The second kappa shape index (κ2) is 5.47. The van der Waals surface area contributed by atoms with E-state index in [-0.39, 0.29) is 11.9 Å². The lowest BCUT2D eigenvalue weighted by Crippen LogP contribution is -2.48. The molecule has 2 aliphatic heterocycles. The lowest BCUT2D eigenvalue weighted by molar-refractivity contribution is 0.0855. The van der Waals surface area contributed by atoms with Crippen molar-refractivity contribution in [1.82, 2.24) is 14.5 Å². The first-order valence-corrected chi connectivity index (χ1v) is 8.34. The van der Waals surface area contributed by atoms with Crippen molar-refractivity contribution in [3.63, 3.8) is 0 Å². The summed E-state index contributed by atoms with van der Waals surface area (Å²) >= 11 is 0. The van der Waals surface area contributed by atoms with Crippen molar-refractivity contribution in [3.8, 4) is 0 Å².